The smallest absolute Gasteiger partial charge is 0.0829 e. The first-order valence-corrected chi connectivity index (χ1v) is 5.84. The second-order valence-electron chi connectivity index (χ2n) is 4.19. The van der Waals surface area contributed by atoms with Crippen LogP contribution in [-0.4, -0.2) is 16.6 Å². The summed E-state index contributed by atoms with van der Waals surface area (Å²) in [5.41, 5.74) is 1.14. The lowest BCUT2D eigenvalue weighted by molar-refractivity contribution is 0.444. The van der Waals surface area contributed by atoms with Crippen molar-refractivity contribution < 1.29 is 0 Å². The second kappa shape index (κ2) is 4.84. The molecule has 14 heavy (non-hydrogen) atoms. The lowest BCUT2D eigenvalue weighted by Gasteiger charge is -2.19. The average molecular weight is 213 g/mol. The highest BCUT2D eigenvalue weighted by Gasteiger charge is 2.22. The molecular weight excluding hydrogens is 194 g/mol. The first-order chi connectivity index (χ1) is 6.57. The molecule has 1 heterocycles. The van der Waals surface area contributed by atoms with E-state index in [1.165, 1.54) is 16.4 Å². The Hall–Kier alpha value is -0.480. The molecule has 0 aliphatic rings. The van der Waals surface area contributed by atoms with Crippen molar-refractivity contribution in [3.05, 3.63) is 10.6 Å². The number of aromatic nitrogens is 2. The summed E-state index contributed by atoms with van der Waals surface area (Å²) in [5.74, 6) is 1.03. The van der Waals surface area contributed by atoms with Gasteiger partial charge in [0, 0.05) is 6.04 Å². The molecule has 0 aromatic carbocycles. The fourth-order valence-electron chi connectivity index (χ4n) is 1.59. The van der Waals surface area contributed by atoms with Crippen molar-refractivity contribution in [3.63, 3.8) is 0 Å². The van der Waals surface area contributed by atoms with Gasteiger partial charge in [0.25, 0.3) is 0 Å². The topological polar surface area (TPSA) is 37.8 Å². The maximum atomic E-state index is 4.20. The number of hydrogen-bond donors (Lipinski definition) is 1. The average Bonchev–Trinajstić information content (AvgIpc) is 2.53. The Labute approximate surface area is 90.1 Å². The Balaban J connectivity index is 2.97. The van der Waals surface area contributed by atoms with Crippen LogP contribution in [0, 0.1) is 5.92 Å². The predicted molar refractivity (Wildman–Crippen MR) is 60.6 cm³/mol. The number of nitrogens with zero attached hydrogens (tertiary/aromatic N) is 2. The highest BCUT2D eigenvalue weighted by Crippen LogP contribution is 2.30. The van der Waals surface area contributed by atoms with Gasteiger partial charge < -0.3 is 5.32 Å². The molecule has 4 heteroatoms. The van der Waals surface area contributed by atoms with Gasteiger partial charge in [0.05, 0.1) is 10.6 Å². The molecular formula is C10H19N3S. The standard InChI is InChI=1S/C10H19N3S/c1-6(2)8(11-5)10-9(7(3)4)12-13-14-10/h6-8,11H,1-5H3. The van der Waals surface area contributed by atoms with E-state index in [9.17, 15) is 0 Å². The Kier molecular flexibility index (Phi) is 4.01. The third-order valence-electron chi connectivity index (χ3n) is 2.35. The highest BCUT2D eigenvalue weighted by molar-refractivity contribution is 7.05. The molecule has 0 saturated heterocycles. The Morgan fingerprint density at radius 2 is 1.86 bits per heavy atom. The van der Waals surface area contributed by atoms with Crippen LogP contribution in [0.15, 0.2) is 0 Å². The van der Waals surface area contributed by atoms with E-state index < -0.39 is 0 Å². The summed E-state index contributed by atoms with van der Waals surface area (Å²) in [5, 5.41) is 7.53. The van der Waals surface area contributed by atoms with Crippen molar-refractivity contribution in [2.45, 2.75) is 39.7 Å². The van der Waals surface area contributed by atoms with Crippen LogP contribution in [0.5, 0.6) is 0 Å². The number of hydrogen-bond acceptors (Lipinski definition) is 4. The molecule has 0 spiro atoms. The molecule has 0 aliphatic carbocycles. The van der Waals surface area contributed by atoms with Crippen LogP contribution in [0.3, 0.4) is 0 Å². The Morgan fingerprint density at radius 3 is 2.29 bits per heavy atom. The van der Waals surface area contributed by atoms with Gasteiger partial charge in [0.2, 0.25) is 0 Å². The molecule has 0 bridgehead atoms. The van der Waals surface area contributed by atoms with Crippen molar-refractivity contribution in [1.82, 2.24) is 14.9 Å². The van der Waals surface area contributed by atoms with Crippen molar-refractivity contribution in [1.29, 1.82) is 0 Å². The van der Waals surface area contributed by atoms with Gasteiger partial charge in [-0.3, -0.25) is 0 Å². The molecule has 3 nitrogen and oxygen atoms in total. The van der Waals surface area contributed by atoms with Crippen molar-refractivity contribution in [2.75, 3.05) is 7.05 Å². The highest BCUT2D eigenvalue weighted by atomic mass is 32.1. The van der Waals surface area contributed by atoms with Gasteiger partial charge in [-0.1, -0.05) is 32.2 Å². The van der Waals surface area contributed by atoms with E-state index in [0.29, 0.717) is 17.9 Å². The van der Waals surface area contributed by atoms with Crippen LogP contribution in [0.1, 0.15) is 50.2 Å². The summed E-state index contributed by atoms with van der Waals surface area (Å²) in [7, 11) is 1.99. The lowest BCUT2D eigenvalue weighted by atomic mass is 9.98. The molecule has 1 unspecified atom stereocenters. The predicted octanol–water partition coefficient (Wildman–Crippen LogP) is 2.58. The fraction of sp³-hybridized carbons (Fsp3) is 0.800. The SMILES string of the molecule is CNC(c1snnc1C(C)C)C(C)C. The van der Waals surface area contributed by atoms with E-state index in [0.717, 1.165) is 5.69 Å². The molecule has 0 saturated carbocycles. The minimum atomic E-state index is 0.382. The zero-order valence-electron chi connectivity index (χ0n) is 9.53. The van der Waals surface area contributed by atoms with E-state index in [2.05, 4.69) is 42.6 Å². The van der Waals surface area contributed by atoms with Crippen LogP contribution >= 0.6 is 11.5 Å². The maximum absolute atomic E-state index is 4.20. The zero-order valence-corrected chi connectivity index (χ0v) is 10.4. The van der Waals surface area contributed by atoms with Gasteiger partial charge in [0.15, 0.2) is 0 Å². The summed E-state index contributed by atoms with van der Waals surface area (Å²) < 4.78 is 4.05. The van der Waals surface area contributed by atoms with Crippen LogP contribution in [0.4, 0.5) is 0 Å². The number of nitrogens with one attached hydrogen (secondary N) is 1. The summed E-state index contributed by atoms with van der Waals surface area (Å²) in [6.07, 6.45) is 0. The largest absolute Gasteiger partial charge is 0.312 e. The molecule has 0 fully saturated rings. The quantitative estimate of drug-likeness (QED) is 0.835. The van der Waals surface area contributed by atoms with E-state index in [4.69, 9.17) is 0 Å². The Bertz CT molecular complexity index is 281. The first kappa shape index (κ1) is 11.6. The minimum absolute atomic E-state index is 0.382. The third-order valence-corrected chi connectivity index (χ3v) is 3.17. The van der Waals surface area contributed by atoms with Gasteiger partial charge in [-0.05, 0) is 30.4 Å². The van der Waals surface area contributed by atoms with Gasteiger partial charge in [-0.15, -0.1) is 5.10 Å². The van der Waals surface area contributed by atoms with Gasteiger partial charge in [0.1, 0.15) is 0 Å². The lowest BCUT2D eigenvalue weighted by Crippen LogP contribution is -2.22. The van der Waals surface area contributed by atoms with Crippen LogP contribution in [0.2, 0.25) is 0 Å². The zero-order chi connectivity index (χ0) is 10.7. The first-order valence-electron chi connectivity index (χ1n) is 5.07. The molecule has 1 aromatic heterocycles. The fourth-order valence-corrected chi connectivity index (χ4v) is 2.68. The molecule has 1 N–H and O–H groups in total. The van der Waals surface area contributed by atoms with Crippen molar-refractivity contribution in [2.24, 2.45) is 5.92 Å². The minimum Gasteiger partial charge on any atom is -0.312 e. The van der Waals surface area contributed by atoms with Gasteiger partial charge >= 0.3 is 0 Å². The molecule has 1 aromatic rings. The van der Waals surface area contributed by atoms with Crippen molar-refractivity contribution in [3.8, 4) is 0 Å². The van der Waals surface area contributed by atoms with Gasteiger partial charge in [-0.2, -0.15) is 0 Å². The molecule has 1 atom stereocenters. The molecule has 0 aliphatic heterocycles. The van der Waals surface area contributed by atoms with E-state index in [1.54, 1.807) is 0 Å². The normalized spacial score (nSPS) is 13.9. The molecule has 1 rings (SSSR count). The molecule has 80 valence electrons. The Morgan fingerprint density at radius 1 is 1.21 bits per heavy atom. The van der Waals surface area contributed by atoms with Gasteiger partial charge in [-0.25, -0.2) is 0 Å². The molecule has 0 amide bonds. The van der Waals surface area contributed by atoms with Crippen LogP contribution in [0.25, 0.3) is 0 Å². The van der Waals surface area contributed by atoms with E-state index in [1.807, 2.05) is 7.05 Å². The summed E-state index contributed by atoms with van der Waals surface area (Å²) in [6.45, 7) is 8.75. The van der Waals surface area contributed by atoms with E-state index in [-0.39, 0.29) is 0 Å². The van der Waals surface area contributed by atoms with Crippen LogP contribution in [-0.2, 0) is 0 Å². The third kappa shape index (κ3) is 2.30. The van der Waals surface area contributed by atoms with E-state index >= 15 is 0 Å². The summed E-state index contributed by atoms with van der Waals surface area (Å²) in [6, 6.07) is 0.382. The van der Waals surface area contributed by atoms with Crippen molar-refractivity contribution >= 4 is 11.5 Å². The molecule has 0 radical (unpaired) electrons. The summed E-state index contributed by atoms with van der Waals surface area (Å²) in [4.78, 5) is 1.29. The maximum Gasteiger partial charge on any atom is 0.0829 e. The number of rotatable bonds is 4. The van der Waals surface area contributed by atoms with Crippen LogP contribution < -0.4 is 5.32 Å². The second-order valence-corrected chi connectivity index (χ2v) is 4.97. The summed E-state index contributed by atoms with van der Waals surface area (Å²) >= 11 is 1.52. The monoisotopic (exact) mass is 213 g/mol.